The van der Waals surface area contributed by atoms with Crippen LogP contribution in [0.25, 0.3) is 0 Å². The molecule has 3 N–H and O–H groups in total. The Morgan fingerprint density at radius 3 is 3.00 bits per heavy atom. The van der Waals surface area contributed by atoms with E-state index in [0.717, 1.165) is 28.7 Å². The normalized spacial score (nSPS) is 20.7. The number of hydrogen-bond donors (Lipinski definition) is 2. The highest BCUT2D eigenvalue weighted by Gasteiger charge is 2.13. The first-order chi connectivity index (χ1) is 7.75. The van der Waals surface area contributed by atoms with Crippen LogP contribution < -0.4 is 11.1 Å². The summed E-state index contributed by atoms with van der Waals surface area (Å²) in [4.78, 5) is 0. The van der Waals surface area contributed by atoms with E-state index in [1.54, 1.807) is 0 Å². The van der Waals surface area contributed by atoms with Crippen LogP contribution in [0.4, 0.5) is 11.4 Å². The van der Waals surface area contributed by atoms with E-state index in [1.165, 1.54) is 25.0 Å². The van der Waals surface area contributed by atoms with E-state index in [-0.39, 0.29) is 0 Å². The molecule has 2 nitrogen and oxygen atoms in total. The Balaban J connectivity index is 1.86. The van der Waals surface area contributed by atoms with Crippen molar-refractivity contribution in [1.82, 2.24) is 0 Å². The van der Waals surface area contributed by atoms with Crippen molar-refractivity contribution in [1.29, 1.82) is 0 Å². The summed E-state index contributed by atoms with van der Waals surface area (Å²) in [7, 11) is 0. The Labute approximate surface area is 102 Å². The zero-order chi connectivity index (χ0) is 11.4. The highest BCUT2D eigenvalue weighted by atomic mass is 32.2. The van der Waals surface area contributed by atoms with Crippen molar-refractivity contribution < 1.29 is 0 Å². The first kappa shape index (κ1) is 11.6. The minimum absolute atomic E-state index is 0.774. The highest BCUT2D eigenvalue weighted by molar-refractivity contribution is 7.99. The molecule has 1 fully saturated rings. The van der Waals surface area contributed by atoms with Crippen LogP contribution in [0.3, 0.4) is 0 Å². The second kappa shape index (κ2) is 5.48. The fourth-order valence-electron chi connectivity index (χ4n) is 1.95. The van der Waals surface area contributed by atoms with Gasteiger partial charge in [0.05, 0.1) is 0 Å². The predicted octanol–water partition coefficient (Wildman–Crippen LogP) is 3.27. The van der Waals surface area contributed by atoms with Crippen LogP contribution in [0.1, 0.15) is 24.8 Å². The summed E-state index contributed by atoms with van der Waals surface area (Å²) in [6, 6.07) is 6.22. The average Bonchev–Trinajstić information content (AvgIpc) is 2.32. The summed E-state index contributed by atoms with van der Waals surface area (Å²) in [6.07, 6.45) is 4.12. The summed E-state index contributed by atoms with van der Waals surface area (Å²) in [5, 5.41) is 4.26. The maximum Gasteiger partial charge on any atom is 0.0364 e. The number of rotatable bonds is 3. The lowest BCUT2D eigenvalue weighted by atomic mass is 10.1. The fraction of sp³-hybridized carbons (Fsp3) is 0.538. The predicted molar refractivity (Wildman–Crippen MR) is 74.2 cm³/mol. The Morgan fingerprint density at radius 1 is 1.44 bits per heavy atom. The zero-order valence-electron chi connectivity index (χ0n) is 9.83. The third kappa shape index (κ3) is 3.08. The molecule has 0 aliphatic carbocycles. The van der Waals surface area contributed by atoms with Crippen LogP contribution in [0, 0.1) is 6.92 Å². The van der Waals surface area contributed by atoms with Gasteiger partial charge in [-0.15, -0.1) is 0 Å². The van der Waals surface area contributed by atoms with Gasteiger partial charge >= 0.3 is 0 Å². The molecule has 1 atom stereocenters. The summed E-state index contributed by atoms with van der Waals surface area (Å²) >= 11 is 2.10. The van der Waals surface area contributed by atoms with Gasteiger partial charge in [-0.2, -0.15) is 11.8 Å². The maximum absolute atomic E-state index is 5.88. The highest BCUT2D eigenvalue weighted by Crippen LogP contribution is 2.25. The van der Waals surface area contributed by atoms with E-state index in [4.69, 9.17) is 5.73 Å². The Bertz CT molecular complexity index is 346. The van der Waals surface area contributed by atoms with Crippen molar-refractivity contribution in [3.63, 3.8) is 0 Å². The van der Waals surface area contributed by atoms with Gasteiger partial charge in [0.15, 0.2) is 0 Å². The molecular formula is C13H20N2S. The molecule has 1 aliphatic heterocycles. The molecule has 0 aromatic heterocycles. The van der Waals surface area contributed by atoms with Crippen molar-refractivity contribution >= 4 is 23.1 Å². The molecule has 88 valence electrons. The molecule has 1 aliphatic rings. The smallest absolute Gasteiger partial charge is 0.0364 e. The number of thioether (sulfide) groups is 1. The summed E-state index contributed by atoms with van der Waals surface area (Å²) in [5.74, 6) is 1.32. The second-order valence-corrected chi connectivity index (χ2v) is 5.85. The number of nitrogens with two attached hydrogens (primary N) is 1. The van der Waals surface area contributed by atoms with E-state index in [2.05, 4.69) is 29.2 Å². The quantitative estimate of drug-likeness (QED) is 0.791. The SMILES string of the molecule is Cc1ccc(NCC2CCCCS2)cc1N. The third-order valence-corrected chi connectivity index (χ3v) is 4.49. The molecule has 1 heterocycles. The molecule has 3 heteroatoms. The Hall–Kier alpha value is -0.830. The van der Waals surface area contributed by atoms with E-state index < -0.39 is 0 Å². The lowest BCUT2D eigenvalue weighted by Crippen LogP contribution is -2.20. The lowest BCUT2D eigenvalue weighted by molar-refractivity contribution is 0.677. The van der Waals surface area contributed by atoms with E-state index in [9.17, 15) is 0 Å². The minimum atomic E-state index is 0.774. The topological polar surface area (TPSA) is 38.0 Å². The van der Waals surface area contributed by atoms with E-state index in [0.29, 0.717) is 0 Å². The number of anilines is 2. The van der Waals surface area contributed by atoms with Crippen molar-refractivity contribution in [2.24, 2.45) is 0 Å². The van der Waals surface area contributed by atoms with E-state index >= 15 is 0 Å². The van der Waals surface area contributed by atoms with Gasteiger partial charge < -0.3 is 11.1 Å². The monoisotopic (exact) mass is 236 g/mol. The molecule has 0 spiro atoms. The van der Waals surface area contributed by atoms with Crippen molar-refractivity contribution in [2.75, 3.05) is 23.3 Å². The summed E-state index contributed by atoms with van der Waals surface area (Å²) in [5.41, 5.74) is 9.06. The van der Waals surface area contributed by atoms with Crippen LogP contribution in [-0.4, -0.2) is 17.5 Å². The van der Waals surface area contributed by atoms with Gasteiger partial charge in [0.1, 0.15) is 0 Å². The fourth-order valence-corrected chi connectivity index (χ4v) is 3.19. The van der Waals surface area contributed by atoms with Crippen molar-refractivity contribution in [3.8, 4) is 0 Å². The summed E-state index contributed by atoms with van der Waals surface area (Å²) < 4.78 is 0. The minimum Gasteiger partial charge on any atom is -0.398 e. The number of benzene rings is 1. The van der Waals surface area contributed by atoms with Gasteiger partial charge in [0.2, 0.25) is 0 Å². The summed E-state index contributed by atoms with van der Waals surface area (Å²) in [6.45, 7) is 3.10. The Kier molecular flexibility index (Phi) is 3.99. The maximum atomic E-state index is 5.88. The molecule has 0 amide bonds. The largest absolute Gasteiger partial charge is 0.398 e. The molecule has 0 bridgehead atoms. The number of hydrogen-bond acceptors (Lipinski definition) is 3. The third-order valence-electron chi connectivity index (χ3n) is 3.09. The van der Waals surface area contributed by atoms with Crippen molar-refractivity contribution in [3.05, 3.63) is 23.8 Å². The number of aryl methyl sites for hydroxylation is 1. The molecule has 1 aromatic carbocycles. The average molecular weight is 236 g/mol. The van der Waals surface area contributed by atoms with E-state index in [1.807, 2.05) is 13.0 Å². The zero-order valence-corrected chi connectivity index (χ0v) is 10.6. The lowest BCUT2D eigenvalue weighted by Gasteiger charge is -2.22. The molecule has 1 saturated heterocycles. The molecule has 0 saturated carbocycles. The van der Waals surface area contributed by atoms with Crippen LogP contribution in [0.2, 0.25) is 0 Å². The van der Waals surface area contributed by atoms with Crippen LogP contribution >= 0.6 is 11.8 Å². The number of nitrogens with one attached hydrogen (secondary N) is 1. The van der Waals surface area contributed by atoms with Gasteiger partial charge in [-0.25, -0.2) is 0 Å². The first-order valence-electron chi connectivity index (χ1n) is 5.97. The molecule has 2 rings (SSSR count). The molecule has 1 aromatic rings. The first-order valence-corrected chi connectivity index (χ1v) is 7.02. The molecular weight excluding hydrogens is 216 g/mol. The van der Waals surface area contributed by atoms with Gasteiger partial charge in [0, 0.05) is 23.2 Å². The van der Waals surface area contributed by atoms with Gasteiger partial charge in [-0.3, -0.25) is 0 Å². The molecule has 16 heavy (non-hydrogen) atoms. The van der Waals surface area contributed by atoms with Gasteiger partial charge in [-0.1, -0.05) is 12.5 Å². The van der Waals surface area contributed by atoms with Crippen molar-refractivity contribution in [2.45, 2.75) is 31.4 Å². The van der Waals surface area contributed by atoms with Crippen LogP contribution in [-0.2, 0) is 0 Å². The molecule has 1 unspecified atom stereocenters. The van der Waals surface area contributed by atoms with Crippen LogP contribution in [0.15, 0.2) is 18.2 Å². The Morgan fingerprint density at radius 2 is 2.31 bits per heavy atom. The van der Waals surface area contributed by atoms with Crippen LogP contribution in [0.5, 0.6) is 0 Å². The van der Waals surface area contributed by atoms with Gasteiger partial charge in [-0.05, 0) is 43.2 Å². The standard InChI is InChI=1S/C13H20N2S/c1-10-5-6-11(8-13(10)14)15-9-12-4-2-3-7-16-12/h5-6,8,12,15H,2-4,7,9,14H2,1H3. The molecule has 0 radical (unpaired) electrons. The number of nitrogen functional groups attached to an aromatic ring is 1. The van der Waals surface area contributed by atoms with Gasteiger partial charge in [0.25, 0.3) is 0 Å². The second-order valence-electron chi connectivity index (χ2n) is 4.44.